The van der Waals surface area contributed by atoms with Gasteiger partial charge in [-0.2, -0.15) is 0 Å². The van der Waals surface area contributed by atoms with E-state index in [1.54, 1.807) is 0 Å². The van der Waals surface area contributed by atoms with Crippen molar-refractivity contribution in [2.45, 2.75) is 38.8 Å². The molecule has 1 heterocycles. The number of benzene rings is 1. The van der Waals surface area contributed by atoms with Crippen LogP contribution in [0.3, 0.4) is 0 Å². The van der Waals surface area contributed by atoms with Crippen molar-refractivity contribution in [3.8, 4) is 0 Å². The van der Waals surface area contributed by atoms with Crippen LogP contribution in [0.5, 0.6) is 0 Å². The molecule has 1 saturated carbocycles. The quantitative estimate of drug-likeness (QED) is 0.826. The first-order chi connectivity index (χ1) is 12.0. The molecular weight excluding hydrogens is 318 g/mol. The van der Waals surface area contributed by atoms with Gasteiger partial charge in [0.2, 0.25) is 11.8 Å². The Morgan fingerprint density at radius 3 is 2.36 bits per heavy atom. The fourth-order valence-electron chi connectivity index (χ4n) is 3.05. The van der Waals surface area contributed by atoms with E-state index in [-0.39, 0.29) is 29.8 Å². The minimum atomic E-state index is -0.248. The smallest absolute Gasteiger partial charge is 0.239 e. The molecule has 2 N–H and O–H groups in total. The molecular formula is C19H27N3O3. The Morgan fingerprint density at radius 2 is 1.76 bits per heavy atom. The number of nitrogens with zero attached hydrogens (tertiary/aromatic N) is 1. The van der Waals surface area contributed by atoms with Crippen molar-refractivity contribution < 1.29 is 14.3 Å². The third-order valence-corrected chi connectivity index (χ3v) is 4.82. The normalized spacial score (nSPS) is 20.0. The van der Waals surface area contributed by atoms with Gasteiger partial charge in [-0.25, -0.2) is 0 Å². The van der Waals surface area contributed by atoms with Crippen molar-refractivity contribution in [3.05, 3.63) is 29.8 Å². The van der Waals surface area contributed by atoms with Crippen LogP contribution in [-0.2, 0) is 14.3 Å². The number of anilines is 1. The van der Waals surface area contributed by atoms with Gasteiger partial charge in [0.25, 0.3) is 0 Å². The molecule has 2 fully saturated rings. The first-order valence-electron chi connectivity index (χ1n) is 9.08. The van der Waals surface area contributed by atoms with Gasteiger partial charge in [0.05, 0.1) is 19.3 Å². The summed E-state index contributed by atoms with van der Waals surface area (Å²) in [7, 11) is 0. The summed E-state index contributed by atoms with van der Waals surface area (Å²) < 4.78 is 5.29. The summed E-state index contributed by atoms with van der Waals surface area (Å²) in [5.74, 6) is 0.430. The van der Waals surface area contributed by atoms with Crippen LogP contribution in [0.15, 0.2) is 24.3 Å². The lowest BCUT2D eigenvalue weighted by atomic mass is 10.1. The molecule has 0 unspecified atom stereocenters. The summed E-state index contributed by atoms with van der Waals surface area (Å²) in [6.07, 6.45) is 2.00. The predicted molar refractivity (Wildman–Crippen MR) is 96.2 cm³/mol. The number of nitrogens with one attached hydrogen (secondary N) is 2. The second kappa shape index (κ2) is 7.97. The standard InChI is InChI=1S/C19H27N3O3/c1-13(20-14(2)19(24)22-9-11-25-12-10-22)15-5-7-17(8-6-15)21-18(23)16-3-4-16/h5-8,13-14,16,20H,3-4,9-12H2,1-2H3,(H,21,23)/t13-,14-/m0/s1. The summed E-state index contributed by atoms with van der Waals surface area (Å²) in [6, 6.07) is 7.62. The van der Waals surface area contributed by atoms with E-state index in [9.17, 15) is 9.59 Å². The molecule has 136 valence electrons. The van der Waals surface area contributed by atoms with E-state index in [2.05, 4.69) is 10.6 Å². The molecule has 6 nitrogen and oxygen atoms in total. The van der Waals surface area contributed by atoms with Gasteiger partial charge in [0.1, 0.15) is 0 Å². The second-order valence-corrected chi connectivity index (χ2v) is 6.93. The molecule has 2 atom stereocenters. The van der Waals surface area contributed by atoms with Crippen molar-refractivity contribution in [1.82, 2.24) is 10.2 Å². The van der Waals surface area contributed by atoms with E-state index in [0.29, 0.717) is 26.3 Å². The number of carbonyl (C=O) groups excluding carboxylic acids is 2. The van der Waals surface area contributed by atoms with Gasteiger partial charge >= 0.3 is 0 Å². The summed E-state index contributed by atoms with van der Waals surface area (Å²) in [4.78, 5) is 26.1. The molecule has 25 heavy (non-hydrogen) atoms. The van der Waals surface area contributed by atoms with Crippen LogP contribution in [0.1, 0.15) is 38.3 Å². The van der Waals surface area contributed by atoms with Crippen LogP contribution >= 0.6 is 0 Å². The molecule has 2 aliphatic rings. The van der Waals surface area contributed by atoms with Gasteiger partial charge in [0, 0.05) is 30.7 Å². The Labute approximate surface area is 148 Å². The molecule has 0 bridgehead atoms. The van der Waals surface area contributed by atoms with Crippen LogP contribution in [0, 0.1) is 5.92 Å². The zero-order chi connectivity index (χ0) is 17.8. The molecule has 0 spiro atoms. The monoisotopic (exact) mass is 345 g/mol. The lowest BCUT2D eigenvalue weighted by molar-refractivity contribution is -0.137. The van der Waals surface area contributed by atoms with E-state index < -0.39 is 0 Å². The SMILES string of the molecule is C[C@H](N[C@@H](C)c1ccc(NC(=O)C2CC2)cc1)C(=O)N1CCOCC1. The molecule has 1 aromatic carbocycles. The van der Waals surface area contributed by atoms with Crippen LogP contribution in [0.4, 0.5) is 5.69 Å². The summed E-state index contributed by atoms with van der Waals surface area (Å²) in [5.41, 5.74) is 1.91. The third kappa shape index (κ3) is 4.80. The van der Waals surface area contributed by atoms with Crippen molar-refractivity contribution in [2.75, 3.05) is 31.6 Å². The Morgan fingerprint density at radius 1 is 1.12 bits per heavy atom. The highest BCUT2D eigenvalue weighted by Gasteiger charge is 2.29. The Hall–Kier alpha value is -1.92. The number of amides is 2. The zero-order valence-corrected chi connectivity index (χ0v) is 15.0. The van der Waals surface area contributed by atoms with Crippen LogP contribution < -0.4 is 10.6 Å². The molecule has 1 aliphatic carbocycles. The highest BCUT2D eigenvalue weighted by atomic mass is 16.5. The van der Waals surface area contributed by atoms with Gasteiger partial charge in [0.15, 0.2) is 0 Å². The third-order valence-electron chi connectivity index (χ3n) is 4.82. The molecule has 1 aromatic rings. The fourth-order valence-corrected chi connectivity index (χ4v) is 3.05. The topological polar surface area (TPSA) is 70.7 Å². The summed E-state index contributed by atoms with van der Waals surface area (Å²) >= 11 is 0. The van der Waals surface area contributed by atoms with Crippen molar-refractivity contribution in [1.29, 1.82) is 0 Å². The number of hydrogen-bond acceptors (Lipinski definition) is 4. The average Bonchev–Trinajstić information content (AvgIpc) is 3.47. The maximum atomic E-state index is 12.5. The zero-order valence-electron chi connectivity index (χ0n) is 15.0. The maximum Gasteiger partial charge on any atom is 0.239 e. The first-order valence-corrected chi connectivity index (χ1v) is 9.08. The number of carbonyl (C=O) groups is 2. The highest BCUT2D eigenvalue weighted by Crippen LogP contribution is 2.30. The second-order valence-electron chi connectivity index (χ2n) is 6.93. The number of hydrogen-bond donors (Lipinski definition) is 2. The van der Waals surface area contributed by atoms with E-state index in [4.69, 9.17) is 4.74 Å². The summed E-state index contributed by atoms with van der Waals surface area (Å²) in [6.45, 7) is 6.49. The Bertz CT molecular complexity index is 607. The first kappa shape index (κ1) is 17.9. The highest BCUT2D eigenvalue weighted by molar-refractivity contribution is 5.94. The predicted octanol–water partition coefficient (Wildman–Crippen LogP) is 1.93. The molecule has 2 amide bonds. The van der Waals surface area contributed by atoms with Crippen LogP contribution in [0.2, 0.25) is 0 Å². The minimum absolute atomic E-state index is 0.0492. The van der Waals surface area contributed by atoms with Crippen LogP contribution in [-0.4, -0.2) is 49.1 Å². The molecule has 0 radical (unpaired) electrons. The lowest BCUT2D eigenvalue weighted by Crippen LogP contribution is -2.49. The van der Waals surface area contributed by atoms with Crippen molar-refractivity contribution in [3.63, 3.8) is 0 Å². The number of ether oxygens (including phenoxy) is 1. The maximum absolute atomic E-state index is 12.5. The fraction of sp³-hybridized carbons (Fsp3) is 0.579. The van der Waals surface area contributed by atoms with Gasteiger partial charge < -0.3 is 15.0 Å². The molecule has 0 aromatic heterocycles. The largest absolute Gasteiger partial charge is 0.378 e. The molecule has 1 saturated heterocycles. The number of rotatable bonds is 6. The van der Waals surface area contributed by atoms with E-state index in [1.807, 2.05) is 43.0 Å². The van der Waals surface area contributed by atoms with Gasteiger partial charge in [-0.1, -0.05) is 12.1 Å². The average molecular weight is 345 g/mol. The van der Waals surface area contributed by atoms with Crippen molar-refractivity contribution >= 4 is 17.5 Å². The van der Waals surface area contributed by atoms with Crippen molar-refractivity contribution in [2.24, 2.45) is 5.92 Å². The Kier molecular flexibility index (Phi) is 5.71. The van der Waals surface area contributed by atoms with E-state index in [0.717, 1.165) is 24.1 Å². The van der Waals surface area contributed by atoms with E-state index in [1.165, 1.54) is 0 Å². The van der Waals surface area contributed by atoms with Gasteiger partial charge in [-0.05, 0) is 44.4 Å². The Balaban J connectivity index is 1.52. The lowest BCUT2D eigenvalue weighted by Gasteiger charge is -2.30. The molecule has 6 heteroatoms. The van der Waals surface area contributed by atoms with E-state index >= 15 is 0 Å². The number of morpholine rings is 1. The van der Waals surface area contributed by atoms with Gasteiger partial charge in [-0.3, -0.25) is 14.9 Å². The molecule has 3 rings (SSSR count). The van der Waals surface area contributed by atoms with Crippen LogP contribution in [0.25, 0.3) is 0 Å². The van der Waals surface area contributed by atoms with Gasteiger partial charge in [-0.15, -0.1) is 0 Å². The minimum Gasteiger partial charge on any atom is -0.378 e. The summed E-state index contributed by atoms with van der Waals surface area (Å²) in [5, 5.41) is 6.30. The molecule has 1 aliphatic heterocycles.